The molecule has 0 aromatic heterocycles. The fraction of sp³-hybridized carbons (Fsp3) is 0.364. The first-order chi connectivity index (χ1) is 6.29. The van der Waals surface area contributed by atoms with E-state index in [1.54, 1.807) is 0 Å². The van der Waals surface area contributed by atoms with Gasteiger partial charge in [0.05, 0.1) is 11.6 Å². The van der Waals surface area contributed by atoms with Crippen molar-refractivity contribution in [1.82, 2.24) is 0 Å². The molecule has 1 aromatic rings. The molecule has 2 rings (SSSR count). The molecule has 0 atom stereocenters. The first-order valence-corrected chi connectivity index (χ1v) is 4.55. The Labute approximate surface area is 90.1 Å². The van der Waals surface area contributed by atoms with Gasteiger partial charge in [-0.15, -0.1) is 12.4 Å². The highest BCUT2D eigenvalue weighted by Gasteiger charge is 2.27. The van der Waals surface area contributed by atoms with Gasteiger partial charge in [0.15, 0.2) is 0 Å². The first kappa shape index (κ1) is 11.0. The van der Waals surface area contributed by atoms with Crippen LogP contribution in [0.1, 0.15) is 29.9 Å². The van der Waals surface area contributed by atoms with Crippen LogP contribution in [0.2, 0.25) is 0 Å². The molecule has 14 heavy (non-hydrogen) atoms. The van der Waals surface area contributed by atoms with E-state index in [2.05, 4.69) is 12.1 Å². The Morgan fingerprint density at radius 2 is 2.07 bits per heavy atom. The van der Waals surface area contributed by atoms with Crippen molar-refractivity contribution in [3.05, 3.63) is 35.4 Å². The summed E-state index contributed by atoms with van der Waals surface area (Å²) in [5.41, 5.74) is 7.72. The zero-order chi connectivity index (χ0) is 9.26. The van der Waals surface area contributed by atoms with E-state index in [9.17, 15) is 0 Å². The van der Waals surface area contributed by atoms with Crippen LogP contribution in [0.3, 0.4) is 0 Å². The maximum atomic E-state index is 8.71. The van der Waals surface area contributed by atoms with Crippen molar-refractivity contribution in [3.8, 4) is 6.07 Å². The molecule has 1 aliphatic rings. The molecule has 0 aliphatic heterocycles. The van der Waals surface area contributed by atoms with Gasteiger partial charge in [0, 0.05) is 6.04 Å². The smallest absolute Gasteiger partial charge is 0.0991 e. The third-order valence-electron chi connectivity index (χ3n) is 2.66. The average molecular weight is 209 g/mol. The van der Waals surface area contributed by atoms with E-state index in [0.29, 0.717) is 12.0 Å². The monoisotopic (exact) mass is 208 g/mol. The lowest BCUT2D eigenvalue weighted by molar-refractivity contribution is 0.351. The van der Waals surface area contributed by atoms with Crippen LogP contribution in [-0.2, 0) is 0 Å². The minimum absolute atomic E-state index is 0. The van der Waals surface area contributed by atoms with E-state index >= 15 is 0 Å². The molecular weight excluding hydrogens is 196 g/mol. The zero-order valence-electron chi connectivity index (χ0n) is 7.81. The molecule has 1 saturated carbocycles. The van der Waals surface area contributed by atoms with Crippen molar-refractivity contribution in [2.24, 2.45) is 5.73 Å². The topological polar surface area (TPSA) is 49.8 Å². The summed E-state index contributed by atoms with van der Waals surface area (Å²) in [5, 5.41) is 8.71. The highest BCUT2D eigenvalue weighted by Crippen LogP contribution is 2.35. The van der Waals surface area contributed by atoms with Gasteiger partial charge in [-0.1, -0.05) is 12.1 Å². The molecule has 3 heteroatoms. The van der Waals surface area contributed by atoms with Crippen molar-refractivity contribution in [2.45, 2.75) is 24.8 Å². The molecule has 0 saturated heterocycles. The van der Waals surface area contributed by atoms with Gasteiger partial charge >= 0.3 is 0 Å². The predicted molar refractivity (Wildman–Crippen MR) is 58.4 cm³/mol. The summed E-state index contributed by atoms with van der Waals surface area (Å²) in [6, 6.07) is 10.3. The Morgan fingerprint density at radius 1 is 1.36 bits per heavy atom. The Hall–Kier alpha value is -1.04. The van der Waals surface area contributed by atoms with Crippen molar-refractivity contribution in [3.63, 3.8) is 0 Å². The van der Waals surface area contributed by atoms with Gasteiger partial charge < -0.3 is 5.73 Å². The SMILES string of the molecule is Cl.N#Cc1cccc(C2CC(N)C2)c1. The lowest BCUT2D eigenvalue weighted by Crippen LogP contribution is -2.34. The van der Waals surface area contributed by atoms with E-state index < -0.39 is 0 Å². The van der Waals surface area contributed by atoms with E-state index in [1.807, 2.05) is 18.2 Å². The summed E-state index contributed by atoms with van der Waals surface area (Å²) < 4.78 is 0. The lowest BCUT2D eigenvalue weighted by atomic mass is 9.76. The van der Waals surface area contributed by atoms with Crippen molar-refractivity contribution in [1.29, 1.82) is 5.26 Å². The highest BCUT2D eigenvalue weighted by atomic mass is 35.5. The number of nitrogens with zero attached hydrogens (tertiary/aromatic N) is 1. The fourth-order valence-electron chi connectivity index (χ4n) is 1.80. The van der Waals surface area contributed by atoms with Gasteiger partial charge in [0.1, 0.15) is 0 Å². The first-order valence-electron chi connectivity index (χ1n) is 4.55. The molecule has 1 aromatic carbocycles. The van der Waals surface area contributed by atoms with Crippen LogP contribution < -0.4 is 5.73 Å². The van der Waals surface area contributed by atoms with Gasteiger partial charge in [-0.05, 0) is 36.5 Å². The molecule has 0 unspecified atom stereocenters. The van der Waals surface area contributed by atoms with Crippen LogP contribution in [0, 0.1) is 11.3 Å². The zero-order valence-corrected chi connectivity index (χ0v) is 8.63. The summed E-state index contributed by atoms with van der Waals surface area (Å²) in [6.07, 6.45) is 2.13. The fourth-order valence-corrected chi connectivity index (χ4v) is 1.80. The maximum Gasteiger partial charge on any atom is 0.0991 e. The van der Waals surface area contributed by atoms with Crippen LogP contribution in [0.25, 0.3) is 0 Å². The number of nitrogens with two attached hydrogens (primary N) is 1. The van der Waals surface area contributed by atoms with Crippen LogP contribution in [-0.4, -0.2) is 6.04 Å². The summed E-state index contributed by atoms with van der Waals surface area (Å²) in [7, 11) is 0. The Morgan fingerprint density at radius 3 is 2.64 bits per heavy atom. The number of halogens is 1. The lowest BCUT2D eigenvalue weighted by Gasteiger charge is -2.32. The third kappa shape index (κ3) is 2.06. The second-order valence-corrected chi connectivity index (χ2v) is 3.67. The largest absolute Gasteiger partial charge is 0.328 e. The molecule has 1 fully saturated rings. The summed E-state index contributed by atoms with van der Waals surface area (Å²) in [6.45, 7) is 0. The minimum atomic E-state index is 0. The van der Waals surface area contributed by atoms with E-state index in [-0.39, 0.29) is 12.4 Å². The minimum Gasteiger partial charge on any atom is -0.328 e. The van der Waals surface area contributed by atoms with Gasteiger partial charge in [0.2, 0.25) is 0 Å². The van der Waals surface area contributed by atoms with Crippen molar-refractivity contribution in [2.75, 3.05) is 0 Å². The molecule has 1 aliphatic carbocycles. The predicted octanol–water partition coefficient (Wildman–Crippen LogP) is 2.18. The van der Waals surface area contributed by atoms with Gasteiger partial charge in [-0.25, -0.2) is 0 Å². The van der Waals surface area contributed by atoms with Crippen LogP contribution in [0.4, 0.5) is 0 Å². The summed E-state index contributed by atoms with van der Waals surface area (Å²) in [5.74, 6) is 0.586. The van der Waals surface area contributed by atoms with Gasteiger partial charge in [-0.2, -0.15) is 5.26 Å². The van der Waals surface area contributed by atoms with E-state index in [0.717, 1.165) is 18.4 Å². The van der Waals surface area contributed by atoms with Gasteiger partial charge in [-0.3, -0.25) is 0 Å². The quantitative estimate of drug-likeness (QED) is 0.769. The van der Waals surface area contributed by atoms with Crippen LogP contribution >= 0.6 is 12.4 Å². The molecule has 0 heterocycles. The third-order valence-corrected chi connectivity index (χ3v) is 2.66. The molecule has 0 radical (unpaired) electrons. The Bertz CT molecular complexity index is 351. The molecule has 2 N–H and O–H groups in total. The van der Waals surface area contributed by atoms with Crippen LogP contribution in [0.15, 0.2) is 24.3 Å². The van der Waals surface area contributed by atoms with Crippen molar-refractivity contribution < 1.29 is 0 Å². The molecule has 0 spiro atoms. The second-order valence-electron chi connectivity index (χ2n) is 3.67. The summed E-state index contributed by atoms with van der Waals surface area (Å²) >= 11 is 0. The number of benzene rings is 1. The summed E-state index contributed by atoms with van der Waals surface area (Å²) in [4.78, 5) is 0. The molecular formula is C11H13ClN2. The number of nitriles is 1. The number of hydrogen-bond donors (Lipinski definition) is 1. The number of hydrogen-bond acceptors (Lipinski definition) is 2. The number of rotatable bonds is 1. The molecule has 74 valence electrons. The second kappa shape index (κ2) is 4.45. The maximum absolute atomic E-state index is 8.71. The normalized spacial score (nSPS) is 24.3. The standard InChI is InChI=1S/C11H12N2.ClH/c12-7-8-2-1-3-9(4-8)10-5-11(13)6-10;/h1-4,10-11H,5-6,13H2;1H. The Balaban J connectivity index is 0.000000980. The van der Waals surface area contributed by atoms with Crippen LogP contribution in [0.5, 0.6) is 0 Å². The van der Waals surface area contributed by atoms with Gasteiger partial charge in [0.25, 0.3) is 0 Å². The average Bonchev–Trinajstić information content (AvgIpc) is 2.13. The molecule has 0 bridgehead atoms. The molecule has 2 nitrogen and oxygen atoms in total. The van der Waals surface area contributed by atoms with E-state index in [1.165, 1.54) is 5.56 Å². The van der Waals surface area contributed by atoms with Crippen molar-refractivity contribution >= 4 is 12.4 Å². The highest BCUT2D eigenvalue weighted by molar-refractivity contribution is 5.85. The molecule has 0 amide bonds. The Kier molecular flexibility index (Phi) is 3.51. The van der Waals surface area contributed by atoms with E-state index in [4.69, 9.17) is 11.0 Å².